The molecule has 0 aromatic rings. The van der Waals surface area contributed by atoms with Crippen LogP contribution >= 0.6 is 0 Å². The van der Waals surface area contributed by atoms with Crippen LogP contribution in [0.15, 0.2) is 0 Å². The molecule has 0 atom stereocenters. The highest BCUT2D eigenvalue weighted by Crippen LogP contribution is 2.28. The van der Waals surface area contributed by atoms with E-state index in [0.29, 0.717) is 0 Å². The van der Waals surface area contributed by atoms with Crippen LogP contribution in [0.2, 0.25) is 0 Å². The minimum atomic E-state index is -0.159. The van der Waals surface area contributed by atoms with E-state index in [4.69, 9.17) is 10.00 Å². The van der Waals surface area contributed by atoms with Gasteiger partial charge < -0.3 is 10.1 Å². The number of ether oxygens (including phenoxy) is 1. The third-order valence-electron chi connectivity index (χ3n) is 3.18. The topological polar surface area (TPSA) is 45.0 Å². The van der Waals surface area contributed by atoms with E-state index >= 15 is 0 Å². The molecule has 0 aliphatic heterocycles. The molecule has 17 heavy (non-hydrogen) atoms. The molecule has 1 aliphatic carbocycles. The molecular weight excluding hydrogens is 212 g/mol. The minimum absolute atomic E-state index is 0.159. The zero-order chi connectivity index (χ0) is 12.6. The van der Waals surface area contributed by atoms with Gasteiger partial charge in [0, 0.05) is 13.2 Å². The Morgan fingerprint density at radius 1 is 1.29 bits per heavy atom. The highest BCUT2D eigenvalue weighted by atomic mass is 16.5. The minimum Gasteiger partial charge on any atom is -0.380 e. The fourth-order valence-corrected chi connectivity index (χ4v) is 1.68. The smallest absolute Gasteiger partial charge is 0.0683 e. The van der Waals surface area contributed by atoms with Crippen molar-refractivity contribution in [2.75, 3.05) is 26.3 Å². The molecule has 98 valence electrons. The quantitative estimate of drug-likeness (QED) is 0.595. The van der Waals surface area contributed by atoms with Crippen molar-refractivity contribution in [2.24, 2.45) is 11.3 Å². The van der Waals surface area contributed by atoms with E-state index in [0.717, 1.165) is 51.5 Å². The van der Waals surface area contributed by atoms with Crippen LogP contribution in [0.4, 0.5) is 0 Å². The maximum Gasteiger partial charge on any atom is 0.0683 e. The lowest BCUT2D eigenvalue weighted by molar-refractivity contribution is 0.126. The Morgan fingerprint density at radius 3 is 2.71 bits per heavy atom. The fraction of sp³-hybridized carbons (Fsp3) is 0.929. The normalized spacial score (nSPS) is 15.8. The maximum absolute atomic E-state index is 8.86. The Kier molecular flexibility index (Phi) is 6.54. The van der Waals surface area contributed by atoms with Gasteiger partial charge in [0.1, 0.15) is 0 Å². The summed E-state index contributed by atoms with van der Waals surface area (Å²) in [5.74, 6) is 0.864. The first-order valence-corrected chi connectivity index (χ1v) is 6.84. The molecule has 0 heterocycles. The predicted molar refractivity (Wildman–Crippen MR) is 69.7 cm³/mol. The molecule has 0 saturated heterocycles. The standard InChI is InChI=1S/C14H26N2O/c1-14(2,12-15)7-3-4-8-16-9-10-17-11-13-5-6-13/h13,16H,3-11H2,1-2H3. The van der Waals surface area contributed by atoms with Crippen molar-refractivity contribution in [1.82, 2.24) is 5.32 Å². The van der Waals surface area contributed by atoms with Gasteiger partial charge in [0.05, 0.1) is 18.1 Å². The Balaban J connectivity index is 1.76. The second kappa shape index (κ2) is 7.68. The Hall–Kier alpha value is -0.590. The molecule has 1 fully saturated rings. The van der Waals surface area contributed by atoms with Gasteiger partial charge in [0.2, 0.25) is 0 Å². The zero-order valence-corrected chi connectivity index (χ0v) is 11.3. The van der Waals surface area contributed by atoms with Gasteiger partial charge in [-0.15, -0.1) is 0 Å². The lowest BCUT2D eigenvalue weighted by Crippen LogP contribution is -2.21. The average molecular weight is 238 g/mol. The van der Waals surface area contributed by atoms with Crippen LogP contribution in [0.5, 0.6) is 0 Å². The van der Waals surface area contributed by atoms with Crippen LogP contribution in [0, 0.1) is 22.7 Å². The summed E-state index contributed by atoms with van der Waals surface area (Å²) in [6.07, 6.45) is 5.98. The number of nitrogens with one attached hydrogen (secondary N) is 1. The lowest BCUT2D eigenvalue weighted by Gasteiger charge is -2.14. The van der Waals surface area contributed by atoms with Crippen molar-refractivity contribution in [3.63, 3.8) is 0 Å². The molecule has 1 N–H and O–H groups in total. The summed E-state index contributed by atoms with van der Waals surface area (Å²) in [6, 6.07) is 2.34. The Labute approximate surface area is 106 Å². The van der Waals surface area contributed by atoms with Gasteiger partial charge in [-0.05, 0) is 52.0 Å². The van der Waals surface area contributed by atoms with Crippen molar-refractivity contribution in [1.29, 1.82) is 5.26 Å². The summed E-state index contributed by atoms with van der Waals surface area (Å²) >= 11 is 0. The molecule has 0 aromatic carbocycles. The molecule has 0 bridgehead atoms. The SMILES string of the molecule is CC(C)(C#N)CCCCNCCOCC1CC1. The van der Waals surface area contributed by atoms with Crippen LogP contribution < -0.4 is 5.32 Å². The molecule has 1 rings (SSSR count). The zero-order valence-electron chi connectivity index (χ0n) is 11.3. The van der Waals surface area contributed by atoms with Crippen molar-refractivity contribution >= 4 is 0 Å². The highest BCUT2D eigenvalue weighted by molar-refractivity contribution is 4.91. The molecule has 0 aromatic heterocycles. The monoisotopic (exact) mass is 238 g/mol. The third kappa shape index (κ3) is 8.18. The van der Waals surface area contributed by atoms with E-state index in [-0.39, 0.29) is 5.41 Å². The Bertz CT molecular complexity index is 241. The van der Waals surface area contributed by atoms with Crippen molar-refractivity contribution in [2.45, 2.75) is 46.0 Å². The van der Waals surface area contributed by atoms with Crippen LogP contribution in [0.25, 0.3) is 0 Å². The fourth-order valence-electron chi connectivity index (χ4n) is 1.68. The van der Waals surface area contributed by atoms with Crippen molar-refractivity contribution < 1.29 is 4.74 Å². The van der Waals surface area contributed by atoms with Gasteiger partial charge in [-0.25, -0.2) is 0 Å². The number of nitriles is 1. The second-order valence-corrected chi connectivity index (χ2v) is 5.72. The summed E-state index contributed by atoms with van der Waals surface area (Å²) in [5.41, 5.74) is -0.159. The van der Waals surface area contributed by atoms with Crippen LogP contribution in [-0.2, 0) is 4.74 Å². The average Bonchev–Trinajstić information content (AvgIpc) is 3.11. The summed E-state index contributed by atoms with van der Waals surface area (Å²) in [4.78, 5) is 0. The second-order valence-electron chi connectivity index (χ2n) is 5.72. The van der Waals surface area contributed by atoms with Gasteiger partial charge in [-0.3, -0.25) is 0 Å². The molecule has 3 heteroatoms. The van der Waals surface area contributed by atoms with Crippen molar-refractivity contribution in [3.05, 3.63) is 0 Å². The molecular formula is C14H26N2O. The summed E-state index contributed by atoms with van der Waals surface area (Å²) in [6.45, 7) is 7.79. The summed E-state index contributed by atoms with van der Waals surface area (Å²) < 4.78 is 5.53. The highest BCUT2D eigenvalue weighted by Gasteiger charge is 2.20. The molecule has 0 radical (unpaired) electrons. The van der Waals surface area contributed by atoms with Gasteiger partial charge in [-0.2, -0.15) is 5.26 Å². The maximum atomic E-state index is 8.86. The van der Waals surface area contributed by atoms with Crippen LogP contribution in [0.1, 0.15) is 46.0 Å². The number of hydrogen-bond acceptors (Lipinski definition) is 3. The first-order valence-electron chi connectivity index (χ1n) is 6.84. The van der Waals surface area contributed by atoms with E-state index < -0.39 is 0 Å². The number of unbranched alkanes of at least 4 members (excludes halogenated alkanes) is 1. The summed E-state index contributed by atoms with van der Waals surface area (Å²) in [7, 11) is 0. The van der Waals surface area contributed by atoms with E-state index in [1.807, 2.05) is 13.8 Å². The van der Waals surface area contributed by atoms with E-state index in [1.54, 1.807) is 0 Å². The van der Waals surface area contributed by atoms with Crippen LogP contribution in [0.3, 0.4) is 0 Å². The van der Waals surface area contributed by atoms with Gasteiger partial charge in [-0.1, -0.05) is 6.42 Å². The van der Waals surface area contributed by atoms with Gasteiger partial charge in [0.25, 0.3) is 0 Å². The van der Waals surface area contributed by atoms with Crippen LogP contribution in [-0.4, -0.2) is 26.3 Å². The number of rotatable bonds is 10. The predicted octanol–water partition coefficient (Wildman–Crippen LogP) is 2.72. The molecule has 0 spiro atoms. The van der Waals surface area contributed by atoms with Gasteiger partial charge >= 0.3 is 0 Å². The van der Waals surface area contributed by atoms with Crippen molar-refractivity contribution in [3.8, 4) is 6.07 Å². The molecule has 0 amide bonds. The first kappa shape index (κ1) is 14.5. The van der Waals surface area contributed by atoms with Gasteiger partial charge in [0.15, 0.2) is 0 Å². The van der Waals surface area contributed by atoms with E-state index in [9.17, 15) is 0 Å². The first-order chi connectivity index (χ1) is 8.14. The number of hydrogen-bond donors (Lipinski definition) is 1. The van der Waals surface area contributed by atoms with E-state index in [2.05, 4.69) is 11.4 Å². The third-order valence-corrected chi connectivity index (χ3v) is 3.18. The summed E-state index contributed by atoms with van der Waals surface area (Å²) in [5, 5.41) is 12.2. The molecule has 3 nitrogen and oxygen atoms in total. The lowest BCUT2D eigenvalue weighted by atomic mass is 9.89. The van der Waals surface area contributed by atoms with E-state index in [1.165, 1.54) is 12.8 Å². The largest absolute Gasteiger partial charge is 0.380 e. The Morgan fingerprint density at radius 2 is 2.06 bits per heavy atom. The molecule has 1 saturated carbocycles. The molecule has 1 aliphatic rings. The molecule has 0 unspecified atom stereocenters. The number of nitrogens with zero attached hydrogens (tertiary/aromatic N) is 1.